The van der Waals surface area contributed by atoms with Gasteiger partial charge in [0, 0.05) is 34.9 Å². The lowest BCUT2D eigenvalue weighted by molar-refractivity contribution is -0.334. The summed E-state index contributed by atoms with van der Waals surface area (Å²) in [5.41, 5.74) is -5.19. The highest BCUT2D eigenvalue weighted by Crippen LogP contribution is 2.43. The predicted molar refractivity (Wildman–Crippen MR) is 128 cm³/mol. The van der Waals surface area contributed by atoms with Crippen molar-refractivity contribution in [2.75, 3.05) is 0 Å². The highest BCUT2D eigenvalue weighted by Gasteiger charge is 2.49. The monoisotopic (exact) mass is 570 g/mol. The molecule has 0 aromatic carbocycles. The predicted octanol–water partition coefficient (Wildman–Crippen LogP) is -2.87. The molecule has 0 saturated carbocycles. The van der Waals surface area contributed by atoms with Gasteiger partial charge in [-0.25, -0.2) is 9.59 Å². The SMILES string of the molecule is C=C(C)C(=O)OC(C)C1(C(=O)[O-])C=CC(OC2=CC(C(=O)[O-])(C(C)OC(=O)C(=C)C)C(C(=O)[O-])C=C2)=CC1C(=O)[O-]. The first-order valence-electron chi connectivity index (χ1n) is 12.0. The fourth-order valence-corrected chi connectivity index (χ4v) is 4.40. The maximum absolute atomic E-state index is 12.3. The number of carbonyl (C=O) groups is 6. The molecule has 0 amide bonds. The summed E-state index contributed by atoms with van der Waals surface area (Å²) >= 11 is 0. The van der Waals surface area contributed by atoms with Gasteiger partial charge in [0.15, 0.2) is 0 Å². The van der Waals surface area contributed by atoms with Crippen LogP contribution < -0.4 is 20.4 Å². The zero-order chi connectivity index (χ0) is 31.4. The zero-order valence-corrected chi connectivity index (χ0v) is 22.5. The van der Waals surface area contributed by atoms with E-state index in [0.717, 1.165) is 50.3 Å². The average molecular weight is 571 g/mol. The van der Waals surface area contributed by atoms with E-state index in [-0.39, 0.29) is 22.7 Å². The molecule has 2 aliphatic rings. The molecule has 2 rings (SSSR count). The van der Waals surface area contributed by atoms with Gasteiger partial charge < -0.3 is 53.8 Å². The summed E-state index contributed by atoms with van der Waals surface area (Å²) in [6.07, 6.45) is 2.13. The number of aliphatic carboxylic acids is 4. The Balaban J connectivity index is 2.56. The van der Waals surface area contributed by atoms with Crippen LogP contribution in [0.5, 0.6) is 0 Å². The molecule has 0 spiro atoms. The third-order valence-corrected chi connectivity index (χ3v) is 6.78. The number of carbonyl (C=O) groups excluding carboxylic acids is 6. The molecular weight excluding hydrogens is 544 g/mol. The molecule has 41 heavy (non-hydrogen) atoms. The molecule has 0 aromatic heterocycles. The number of hydrogen-bond acceptors (Lipinski definition) is 13. The number of allylic oxidation sites excluding steroid dienone is 2. The highest BCUT2D eigenvalue weighted by molar-refractivity contribution is 5.90. The van der Waals surface area contributed by atoms with Crippen LogP contribution in [0.1, 0.15) is 27.7 Å². The molecule has 0 fully saturated rings. The van der Waals surface area contributed by atoms with Gasteiger partial charge in [0.2, 0.25) is 0 Å². The lowest BCUT2D eigenvalue weighted by atomic mass is 9.68. The van der Waals surface area contributed by atoms with Crippen molar-refractivity contribution in [1.29, 1.82) is 0 Å². The summed E-state index contributed by atoms with van der Waals surface area (Å²) < 4.78 is 15.7. The summed E-state index contributed by atoms with van der Waals surface area (Å²) in [6.45, 7) is 11.6. The van der Waals surface area contributed by atoms with Gasteiger partial charge in [0.25, 0.3) is 0 Å². The smallest absolute Gasteiger partial charge is 0.333 e. The van der Waals surface area contributed by atoms with E-state index < -0.39 is 70.7 Å². The zero-order valence-electron chi connectivity index (χ0n) is 22.5. The van der Waals surface area contributed by atoms with Gasteiger partial charge in [0.05, 0.1) is 22.8 Å². The Morgan fingerprint density at radius 1 is 0.756 bits per heavy atom. The van der Waals surface area contributed by atoms with Crippen molar-refractivity contribution in [3.63, 3.8) is 0 Å². The third-order valence-electron chi connectivity index (χ3n) is 6.78. The summed E-state index contributed by atoms with van der Waals surface area (Å²) in [6, 6.07) is 0. The van der Waals surface area contributed by atoms with Gasteiger partial charge in [-0.1, -0.05) is 25.3 Å². The standard InChI is InChI=1S/C28H30O13/c1-13(2)23(33)39-15(5)27(25(35)36)10-9-17(11-20(27)22(31)32)41-18-7-8-19(21(29)30)28(12-18,26(37)38)16(6)40-24(34)14(3)4/h7-12,15-16,19-20H,1,3H2,2,4-6H3,(H,29,30)(H,31,32)(H,35,36)(H,37,38)/p-4. The second-order valence-electron chi connectivity index (χ2n) is 9.60. The van der Waals surface area contributed by atoms with Gasteiger partial charge in [-0.2, -0.15) is 0 Å². The molecule has 0 heterocycles. The van der Waals surface area contributed by atoms with Crippen molar-refractivity contribution in [2.45, 2.75) is 39.9 Å². The molecule has 0 bridgehead atoms. The van der Waals surface area contributed by atoms with Crippen LogP contribution in [0.4, 0.5) is 0 Å². The van der Waals surface area contributed by atoms with E-state index in [0.29, 0.717) is 0 Å². The first-order valence-corrected chi connectivity index (χ1v) is 12.0. The maximum atomic E-state index is 12.3. The van der Waals surface area contributed by atoms with Crippen molar-refractivity contribution in [1.82, 2.24) is 0 Å². The average Bonchev–Trinajstić information content (AvgIpc) is 2.87. The van der Waals surface area contributed by atoms with Crippen molar-refractivity contribution < 1.29 is 63.4 Å². The van der Waals surface area contributed by atoms with Crippen LogP contribution in [0.2, 0.25) is 0 Å². The number of carboxylic acids is 4. The quantitative estimate of drug-likeness (QED) is 0.170. The Kier molecular flexibility index (Phi) is 9.50. The van der Waals surface area contributed by atoms with Gasteiger partial charge in [-0.3, -0.25) is 0 Å². The van der Waals surface area contributed by atoms with Gasteiger partial charge in [0.1, 0.15) is 23.7 Å². The minimum absolute atomic E-state index is 0.0832. The van der Waals surface area contributed by atoms with E-state index in [2.05, 4.69) is 13.2 Å². The Morgan fingerprint density at radius 3 is 1.63 bits per heavy atom. The Hall–Kier alpha value is -4.94. The second-order valence-corrected chi connectivity index (χ2v) is 9.60. The molecule has 0 aromatic rings. The third kappa shape index (κ3) is 6.13. The highest BCUT2D eigenvalue weighted by atomic mass is 16.6. The van der Waals surface area contributed by atoms with Crippen LogP contribution in [0.3, 0.4) is 0 Å². The van der Waals surface area contributed by atoms with E-state index in [4.69, 9.17) is 14.2 Å². The van der Waals surface area contributed by atoms with E-state index in [1.54, 1.807) is 0 Å². The molecule has 0 aliphatic heterocycles. The second kappa shape index (κ2) is 12.1. The lowest BCUT2D eigenvalue weighted by Gasteiger charge is -2.45. The summed E-state index contributed by atoms with van der Waals surface area (Å²) in [4.78, 5) is 72.5. The molecule has 13 heteroatoms. The summed E-state index contributed by atoms with van der Waals surface area (Å²) in [7, 11) is 0. The maximum Gasteiger partial charge on any atom is 0.333 e. The fraction of sp³-hybridized carbons (Fsp3) is 0.357. The first kappa shape index (κ1) is 32.3. The topological polar surface area (TPSA) is 222 Å². The first-order chi connectivity index (χ1) is 18.9. The Labute approximate surface area is 234 Å². The summed E-state index contributed by atoms with van der Waals surface area (Å²) in [5, 5.41) is 48.5. The molecule has 6 unspecified atom stereocenters. The van der Waals surface area contributed by atoms with Crippen LogP contribution in [0.15, 0.2) is 72.3 Å². The van der Waals surface area contributed by atoms with Crippen LogP contribution >= 0.6 is 0 Å². The largest absolute Gasteiger partial charge is 0.549 e. The molecule has 0 saturated heterocycles. The molecule has 0 radical (unpaired) electrons. The van der Waals surface area contributed by atoms with Crippen molar-refractivity contribution in [3.05, 3.63) is 72.3 Å². The number of carboxylic acid groups (broad SMARTS) is 4. The van der Waals surface area contributed by atoms with Crippen LogP contribution in [0.25, 0.3) is 0 Å². The van der Waals surface area contributed by atoms with E-state index in [9.17, 15) is 49.2 Å². The van der Waals surface area contributed by atoms with Crippen LogP contribution in [0, 0.1) is 22.7 Å². The van der Waals surface area contributed by atoms with Crippen LogP contribution in [-0.4, -0.2) is 48.0 Å². The van der Waals surface area contributed by atoms with E-state index >= 15 is 0 Å². The van der Waals surface area contributed by atoms with Crippen molar-refractivity contribution in [2.24, 2.45) is 22.7 Å². The molecule has 13 nitrogen and oxygen atoms in total. The van der Waals surface area contributed by atoms with Gasteiger partial charge in [-0.05, 0) is 52.0 Å². The number of ether oxygens (including phenoxy) is 3. The minimum atomic E-state index is -2.55. The molecule has 2 aliphatic carbocycles. The normalized spacial score (nSPS) is 26.3. The molecule has 0 N–H and O–H groups in total. The fourth-order valence-electron chi connectivity index (χ4n) is 4.40. The van der Waals surface area contributed by atoms with Gasteiger partial charge in [-0.15, -0.1) is 0 Å². The summed E-state index contributed by atoms with van der Waals surface area (Å²) in [5.74, 6) is -14.3. The Morgan fingerprint density at radius 2 is 1.22 bits per heavy atom. The molecule has 6 atom stereocenters. The van der Waals surface area contributed by atoms with Crippen LogP contribution in [-0.2, 0) is 43.0 Å². The Bertz CT molecular complexity index is 1330. The number of hydrogen-bond donors (Lipinski definition) is 0. The lowest BCUT2D eigenvalue weighted by Crippen LogP contribution is -2.58. The minimum Gasteiger partial charge on any atom is -0.549 e. The van der Waals surface area contributed by atoms with E-state index in [1.165, 1.54) is 13.8 Å². The van der Waals surface area contributed by atoms with E-state index in [1.807, 2.05) is 0 Å². The van der Waals surface area contributed by atoms with Gasteiger partial charge >= 0.3 is 11.9 Å². The molecular formula is C28H26O13-4. The van der Waals surface area contributed by atoms with Crippen molar-refractivity contribution >= 4 is 35.8 Å². The molecule has 220 valence electrons. The number of esters is 2. The van der Waals surface area contributed by atoms with Crippen molar-refractivity contribution in [3.8, 4) is 0 Å². The number of rotatable bonds is 12.